The summed E-state index contributed by atoms with van der Waals surface area (Å²) in [6, 6.07) is 10.1. The van der Waals surface area contributed by atoms with Gasteiger partial charge in [0.2, 0.25) is 0 Å². The molecule has 0 aromatic heterocycles. The summed E-state index contributed by atoms with van der Waals surface area (Å²) in [5.74, 6) is 0. The van der Waals surface area contributed by atoms with E-state index in [9.17, 15) is 0 Å². The van der Waals surface area contributed by atoms with E-state index < -0.39 is 0 Å². The van der Waals surface area contributed by atoms with Crippen molar-refractivity contribution in [1.82, 2.24) is 0 Å². The number of hydrogen-bond acceptors (Lipinski definition) is 1. The van der Waals surface area contributed by atoms with Crippen molar-refractivity contribution in [1.29, 1.82) is 0 Å². The van der Waals surface area contributed by atoms with Crippen LogP contribution in [-0.2, 0) is 0 Å². The van der Waals surface area contributed by atoms with Crippen molar-refractivity contribution in [3.8, 4) is 0 Å². The van der Waals surface area contributed by atoms with E-state index in [1.165, 1.54) is 5.57 Å². The Kier molecular flexibility index (Phi) is 6.20. The first-order valence-electron chi connectivity index (χ1n) is 5.98. The van der Waals surface area contributed by atoms with Crippen molar-refractivity contribution in [2.75, 3.05) is 0 Å². The van der Waals surface area contributed by atoms with Crippen LogP contribution in [0.5, 0.6) is 0 Å². The van der Waals surface area contributed by atoms with Crippen LogP contribution in [-0.4, -0.2) is 6.72 Å². The molecule has 18 heavy (non-hydrogen) atoms. The Labute approximate surface area is 110 Å². The number of rotatable bonds is 6. The lowest BCUT2D eigenvalue weighted by atomic mass is 10.1. The van der Waals surface area contributed by atoms with Gasteiger partial charge in [-0.05, 0) is 31.2 Å². The topological polar surface area (TPSA) is 12.4 Å². The van der Waals surface area contributed by atoms with Gasteiger partial charge in [-0.3, -0.25) is 4.99 Å². The Balaban J connectivity index is 2.84. The number of allylic oxidation sites excluding steroid dienone is 6. The van der Waals surface area contributed by atoms with E-state index in [1.807, 2.05) is 43.3 Å². The summed E-state index contributed by atoms with van der Waals surface area (Å²) in [7, 11) is 0. The van der Waals surface area contributed by atoms with Gasteiger partial charge in [0.15, 0.2) is 0 Å². The van der Waals surface area contributed by atoms with Gasteiger partial charge < -0.3 is 0 Å². The Bertz CT molecular complexity index is 476. The smallest absolute Gasteiger partial charge is 0.0658 e. The molecule has 1 aromatic rings. The van der Waals surface area contributed by atoms with Crippen molar-refractivity contribution in [3.63, 3.8) is 0 Å². The SMILES string of the molecule is C=C/C=C\C(=C/C)C/C=C(\N=C)c1ccccc1. The van der Waals surface area contributed by atoms with Crippen LogP contribution in [0.25, 0.3) is 5.70 Å². The van der Waals surface area contributed by atoms with E-state index in [-0.39, 0.29) is 0 Å². The molecule has 0 aliphatic heterocycles. The van der Waals surface area contributed by atoms with Crippen molar-refractivity contribution in [2.45, 2.75) is 13.3 Å². The predicted molar refractivity (Wildman–Crippen MR) is 81.7 cm³/mol. The highest BCUT2D eigenvalue weighted by Gasteiger charge is 1.97. The van der Waals surface area contributed by atoms with Crippen LogP contribution < -0.4 is 0 Å². The monoisotopic (exact) mass is 237 g/mol. The van der Waals surface area contributed by atoms with Gasteiger partial charge in [-0.2, -0.15) is 0 Å². The first kappa shape index (κ1) is 13.9. The van der Waals surface area contributed by atoms with E-state index in [4.69, 9.17) is 0 Å². The van der Waals surface area contributed by atoms with E-state index in [0.717, 1.165) is 17.7 Å². The largest absolute Gasteiger partial charge is 0.264 e. The highest BCUT2D eigenvalue weighted by Crippen LogP contribution is 2.17. The first-order chi connectivity index (χ1) is 8.81. The summed E-state index contributed by atoms with van der Waals surface area (Å²) in [6.45, 7) is 9.33. The van der Waals surface area contributed by atoms with Crippen molar-refractivity contribution < 1.29 is 0 Å². The highest BCUT2D eigenvalue weighted by molar-refractivity contribution is 5.68. The second-order valence-electron chi connectivity index (χ2n) is 3.78. The molecule has 1 aromatic carbocycles. The molecular formula is C17H19N. The lowest BCUT2D eigenvalue weighted by Crippen LogP contribution is -1.82. The normalized spacial score (nSPS) is 12.7. The zero-order chi connectivity index (χ0) is 13.2. The fraction of sp³-hybridized carbons (Fsp3) is 0.118. The molecule has 92 valence electrons. The Morgan fingerprint density at radius 2 is 2.00 bits per heavy atom. The summed E-state index contributed by atoms with van der Waals surface area (Å²) in [6.07, 6.45) is 10.8. The molecule has 0 fully saturated rings. The predicted octanol–water partition coefficient (Wildman–Crippen LogP) is 4.81. The number of nitrogens with zero attached hydrogens (tertiary/aromatic N) is 1. The molecule has 0 radical (unpaired) electrons. The van der Waals surface area contributed by atoms with E-state index in [1.54, 1.807) is 6.08 Å². The molecule has 1 rings (SSSR count). The minimum Gasteiger partial charge on any atom is -0.264 e. The van der Waals surface area contributed by atoms with E-state index in [0.29, 0.717) is 0 Å². The Morgan fingerprint density at radius 1 is 1.28 bits per heavy atom. The van der Waals surface area contributed by atoms with Crippen molar-refractivity contribution >= 4 is 12.4 Å². The first-order valence-corrected chi connectivity index (χ1v) is 5.98. The van der Waals surface area contributed by atoms with Crippen molar-refractivity contribution in [3.05, 3.63) is 78.4 Å². The van der Waals surface area contributed by atoms with Gasteiger partial charge in [-0.25, -0.2) is 0 Å². The molecule has 0 bridgehead atoms. The molecule has 0 atom stereocenters. The average Bonchev–Trinajstić information content (AvgIpc) is 2.44. The summed E-state index contributed by atoms with van der Waals surface area (Å²) >= 11 is 0. The maximum Gasteiger partial charge on any atom is 0.0658 e. The quantitative estimate of drug-likeness (QED) is 0.497. The third kappa shape index (κ3) is 4.38. The summed E-state index contributed by atoms with van der Waals surface area (Å²) in [5.41, 5.74) is 3.24. The van der Waals surface area contributed by atoms with E-state index >= 15 is 0 Å². The Morgan fingerprint density at radius 3 is 2.56 bits per heavy atom. The number of benzene rings is 1. The van der Waals surface area contributed by atoms with Crippen LogP contribution in [0, 0.1) is 0 Å². The van der Waals surface area contributed by atoms with Gasteiger partial charge >= 0.3 is 0 Å². The molecule has 0 amide bonds. The maximum atomic E-state index is 4.08. The van der Waals surface area contributed by atoms with Gasteiger partial charge in [-0.1, -0.05) is 67.3 Å². The van der Waals surface area contributed by atoms with Gasteiger partial charge in [0.25, 0.3) is 0 Å². The van der Waals surface area contributed by atoms with Crippen LogP contribution in [0.15, 0.2) is 77.9 Å². The molecule has 0 aliphatic carbocycles. The lowest BCUT2D eigenvalue weighted by molar-refractivity contribution is 1.26. The molecule has 1 nitrogen and oxygen atoms in total. The Hall–Kier alpha value is -2.15. The van der Waals surface area contributed by atoms with Gasteiger partial charge in [-0.15, -0.1) is 0 Å². The molecule has 0 spiro atoms. The molecule has 0 N–H and O–H groups in total. The minimum atomic E-state index is 0.837. The van der Waals surface area contributed by atoms with Gasteiger partial charge in [0, 0.05) is 0 Å². The average molecular weight is 237 g/mol. The standard InChI is InChI=1S/C17H19N/c1-4-6-10-15(5-2)13-14-17(18-3)16-11-8-7-9-12-16/h4-12,14H,1,3,13H2,2H3/b10-6-,15-5+,17-14-. The van der Waals surface area contributed by atoms with Crippen LogP contribution in [0.3, 0.4) is 0 Å². The summed E-state index contributed by atoms with van der Waals surface area (Å²) < 4.78 is 0. The molecule has 0 aliphatic rings. The van der Waals surface area contributed by atoms with Crippen LogP contribution in [0.2, 0.25) is 0 Å². The van der Waals surface area contributed by atoms with Gasteiger partial charge in [0.1, 0.15) is 0 Å². The van der Waals surface area contributed by atoms with Gasteiger partial charge in [0.05, 0.1) is 5.70 Å². The third-order valence-corrected chi connectivity index (χ3v) is 2.59. The zero-order valence-corrected chi connectivity index (χ0v) is 10.8. The highest BCUT2D eigenvalue weighted by atomic mass is 14.7. The summed E-state index contributed by atoms with van der Waals surface area (Å²) in [5, 5.41) is 0. The fourth-order valence-corrected chi connectivity index (χ4v) is 1.57. The van der Waals surface area contributed by atoms with Crippen molar-refractivity contribution in [2.24, 2.45) is 4.99 Å². The molecular weight excluding hydrogens is 218 g/mol. The van der Waals surface area contributed by atoms with Crippen LogP contribution >= 0.6 is 0 Å². The van der Waals surface area contributed by atoms with Crippen LogP contribution in [0.1, 0.15) is 18.9 Å². The molecule has 0 unspecified atom stereocenters. The second kappa shape index (κ2) is 8.02. The van der Waals surface area contributed by atoms with Crippen LogP contribution in [0.4, 0.5) is 0 Å². The van der Waals surface area contributed by atoms with E-state index in [2.05, 4.69) is 36.5 Å². The number of hydrogen-bond donors (Lipinski definition) is 0. The molecule has 1 heteroatoms. The lowest BCUT2D eigenvalue weighted by Gasteiger charge is -2.02. The zero-order valence-electron chi connectivity index (χ0n) is 10.8. The summed E-state index contributed by atoms with van der Waals surface area (Å²) in [4.78, 5) is 4.08. The molecule has 0 heterocycles. The molecule has 0 saturated heterocycles. The second-order valence-corrected chi connectivity index (χ2v) is 3.78. The minimum absolute atomic E-state index is 0.837. The maximum absolute atomic E-state index is 4.08. The fourth-order valence-electron chi connectivity index (χ4n) is 1.57. The third-order valence-electron chi connectivity index (χ3n) is 2.59. The number of aliphatic imine (C=N–C) groups is 1. The molecule has 0 saturated carbocycles.